The summed E-state index contributed by atoms with van der Waals surface area (Å²) in [5, 5.41) is 3.54. The molecule has 0 bridgehead atoms. The van der Waals surface area contributed by atoms with Gasteiger partial charge in [-0.3, -0.25) is 0 Å². The maximum absolute atomic E-state index is 5.90. The minimum atomic E-state index is 0.716. The van der Waals surface area contributed by atoms with Gasteiger partial charge in [0.15, 0.2) is 11.5 Å². The average molecular weight is 353 g/mol. The molecule has 0 radical (unpaired) electrons. The fourth-order valence-electron chi connectivity index (χ4n) is 3.60. The molecule has 2 aliphatic heterocycles. The minimum absolute atomic E-state index is 0.716. The molecule has 1 aromatic heterocycles. The first-order valence-corrected chi connectivity index (χ1v) is 9.68. The molecular formula is C21H27N3O2. The summed E-state index contributed by atoms with van der Waals surface area (Å²) in [6.07, 6.45) is 6.73. The van der Waals surface area contributed by atoms with Gasteiger partial charge in [-0.2, -0.15) is 0 Å². The molecule has 4 rings (SSSR count). The maximum Gasteiger partial charge on any atom is 0.165 e. The van der Waals surface area contributed by atoms with Crippen LogP contribution in [-0.4, -0.2) is 31.3 Å². The van der Waals surface area contributed by atoms with E-state index in [9.17, 15) is 0 Å². The lowest BCUT2D eigenvalue weighted by atomic mass is 10.1. The predicted molar refractivity (Wildman–Crippen MR) is 103 cm³/mol. The molecule has 0 saturated carbocycles. The molecule has 0 unspecified atom stereocenters. The number of para-hydroxylation sites is 1. The van der Waals surface area contributed by atoms with E-state index in [0.717, 1.165) is 62.1 Å². The quantitative estimate of drug-likeness (QED) is 0.891. The van der Waals surface area contributed by atoms with Crippen LogP contribution in [0.15, 0.2) is 36.5 Å². The average Bonchev–Trinajstić information content (AvgIpc) is 2.95. The smallest absolute Gasteiger partial charge is 0.165 e. The van der Waals surface area contributed by atoms with Crippen molar-refractivity contribution in [1.29, 1.82) is 0 Å². The van der Waals surface area contributed by atoms with Gasteiger partial charge in [0, 0.05) is 44.4 Å². The second-order valence-corrected chi connectivity index (χ2v) is 6.97. The first kappa shape index (κ1) is 17.2. The molecule has 5 nitrogen and oxygen atoms in total. The molecule has 1 aromatic carbocycles. The van der Waals surface area contributed by atoms with Gasteiger partial charge in [-0.25, -0.2) is 4.98 Å². The van der Waals surface area contributed by atoms with Crippen molar-refractivity contribution < 1.29 is 9.47 Å². The molecule has 0 amide bonds. The van der Waals surface area contributed by atoms with Gasteiger partial charge in [-0.1, -0.05) is 12.1 Å². The zero-order valence-electron chi connectivity index (χ0n) is 15.2. The zero-order valence-corrected chi connectivity index (χ0v) is 15.2. The van der Waals surface area contributed by atoms with E-state index < -0.39 is 0 Å². The number of benzene rings is 1. The Balaban J connectivity index is 1.38. The lowest BCUT2D eigenvalue weighted by Crippen LogP contribution is -2.30. The molecule has 0 aliphatic carbocycles. The van der Waals surface area contributed by atoms with Crippen LogP contribution in [0.2, 0.25) is 0 Å². The van der Waals surface area contributed by atoms with Crippen molar-refractivity contribution in [2.75, 3.05) is 31.2 Å². The van der Waals surface area contributed by atoms with E-state index in [1.54, 1.807) is 0 Å². The molecule has 2 aliphatic rings. The van der Waals surface area contributed by atoms with E-state index in [-0.39, 0.29) is 0 Å². The Morgan fingerprint density at radius 2 is 1.85 bits per heavy atom. The van der Waals surface area contributed by atoms with Gasteiger partial charge >= 0.3 is 0 Å². The van der Waals surface area contributed by atoms with Gasteiger partial charge in [0.2, 0.25) is 0 Å². The first-order chi connectivity index (χ1) is 12.9. The van der Waals surface area contributed by atoms with Crippen molar-refractivity contribution in [2.45, 2.75) is 38.8 Å². The Labute approximate surface area is 155 Å². The normalized spacial score (nSPS) is 17.0. The molecule has 138 valence electrons. The van der Waals surface area contributed by atoms with Gasteiger partial charge < -0.3 is 19.7 Å². The van der Waals surface area contributed by atoms with Crippen LogP contribution in [0.4, 0.5) is 5.82 Å². The van der Waals surface area contributed by atoms with Gasteiger partial charge in [-0.05, 0) is 43.0 Å². The Morgan fingerprint density at radius 1 is 0.962 bits per heavy atom. The van der Waals surface area contributed by atoms with Crippen molar-refractivity contribution in [3.8, 4) is 11.5 Å². The van der Waals surface area contributed by atoms with Crippen LogP contribution >= 0.6 is 0 Å². The number of rotatable bonds is 5. The number of pyridine rings is 1. The number of ether oxygens (including phenoxy) is 2. The Morgan fingerprint density at radius 3 is 2.77 bits per heavy atom. The van der Waals surface area contributed by atoms with E-state index in [2.05, 4.69) is 33.4 Å². The summed E-state index contributed by atoms with van der Waals surface area (Å²) in [4.78, 5) is 6.96. The summed E-state index contributed by atoms with van der Waals surface area (Å²) >= 11 is 0. The molecule has 1 saturated heterocycles. The SMILES string of the molecule is c1cc(CNCc2ccnc(N3CCCCC3)c2)c2c(c1)OCCCO2. The number of piperidine rings is 1. The largest absolute Gasteiger partial charge is 0.490 e. The number of fused-ring (bicyclic) bond motifs is 1. The molecule has 0 atom stereocenters. The standard InChI is InChI=1S/C21H27N3O2/c1-2-10-24(11-3-1)20-14-17(8-9-23-20)15-22-16-18-6-4-7-19-21(18)26-13-5-12-25-19/h4,6-9,14,22H,1-3,5,10-13,15-16H2. The van der Waals surface area contributed by atoms with Crippen molar-refractivity contribution >= 4 is 5.82 Å². The number of hydrogen-bond acceptors (Lipinski definition) is 5. The van der Waals surface area contributed by atoms with Crippen LogP contribution in [0.1, 0.15) is 36.8 Å². The van der Waals surface area contributed by atoms with Crippen molar-refractivity contribution in [2.24, 2.45) is 0 Å². The molecule has 1 N–H and O–H groups in total. The highest BCUT2D eigenvalue weighted by atomic mass is 16.5. The van der Waals surface area contributed by atoms with Crippen LogP contribution in [0, 0.1) is 0 Å². The van der Waals surface area contributed by atoms with Crippen LogP contribution in [0.5, 0.6) is 11.5 Å². The third-order valence-electron chi connectivity index (χ3n) is 4.99. The van der Waals surface area contributed by atoms with E-state index in [1.807, 2.05) is 18.3 Å². The van der Waals surface area contributed by atoms with Crippen LogP contribution in [0.3, 0.4) is 0 Å². The predicted octanol–water partition coefficient (Wildman–Crippen LogP) is 3.52. The summed E-state index contributed by atoms with van der Waals surface area (Å²) in [6, 6.07) is 10.4. The highest BCUT2D eigenvalue weighted by molar-refractivity contribution is 5.47. The Kier molecular flexibility index (Phi) is 5.55. The number of aromatic nitrogens is 1. The number of hydrogen-bond donors (Lipinski definition) is 1. The van der Waals surface area contributed by atoms with Crippen molar-refractivity contribution in [1.82, 2.24) is 10.3 Å². The highest BCUT2D eigenvalue weighted by Crippen LogP contribution is 2.33. The highest BCUT2D eigenvalue weighted by Gasteiger charge is 2.15. The van der Waals surface area contributed by atoms with Gasteiger partial charge in [0.1, 0.15) is 5.82 Å². The summed E-state index contributed by atoms with van der Waals surface area (Å²) in [5.41, 5.74) is 2.41. The molecule has 2 aromatic rings. The second-order valence-electron chi connectivity index (χ2n) is 6.97. The summed E-state index contributed by atoms with van der Waals surface area (Å²) < 4.78 is 11.7. The van der Waals surface area contributed by atoms with Crippen molar-refractivity contribution in [3.63, 3.8) is 0 Å². The molecule has 3 heterocycles. The van der Waals surface area contributed by atoms with Crippen LogP contribution in [0.25, 0.3) is 0 Å². The van der Waals surface area contributed by atoms with E-state index in [1.165, 1.54) is 24.8 Å². The maximum atomic E-state index is 5.90. The van der Waals surface area contributed by atoms with Crippen molar-refractivity contribution in [3.05, 3.63) is 47.7 Å². The topological polar surface area (TPSA) is 46.6 Å². The Hall–Kier alpha value is -2.27. The third kappa shape index (κ3) is 4.10. The number of nitrogens with zero attached hydrogens (tertiary/aromatic N) is 2. The lowest BCUT2D eigenvalue weighted by molar-refractivity contribution is 0.296. The monoisotopic (exact) mass is 353 g/mol. The molecule has 26 heavy (non-hydrogen) atoms. The number of anilines is 1. The zero-order chi connectivity index (χ0) is 17.6. The lowest BCUT2D eigenvalue weighted by Gasteiger charge is -2.27. The van der Waals surface area contributed by atoms with E-state index in [0.29, 0.717) is 6.61 Å². The molecule has 5 heteroatoms. The van der Waals surface area contributed by atoms with Crippen LogP contribution < -0.4 is 19.7 Å². The summed E-state index contributed by atoms with van der Waals surface area (Å²) in [6.45, 7) is 5.25. The first-order valence-electron chi connectivity index (χ1n) is 9.68. The van der Waals surface area contributed by atoms with Crippen LogP contribution in [-0.2, 0) is 13.1 Å². The summed E-state index contributed by atoms with van der Waals surface area (Å²) in [5.74, 6) is 2.86. The Bertz CT molecular complexity index is 729. The second kappa shape index (κ2) is 8.41. The molecule has 1 fully saturated rings. The third-order valence-corrected chi connectivity index (χ3v) is 4.99. The van der Waals surface area contributed by atoms with E-state index in [4.69, 9.17) is 9.47 Å². The van der Waals surface area contributed by atoms with Gasteiger partial charge in [0.05, 0.1) is 13.2 Å². The number of nitrogens with one attached hydrogen (secondary N) is 1. The minimum Gasteiger partial charge on any atom is -0.490 e. The molecular weight excluding hydrogens is 326 g/mol. The van der Waals surface area contributed by atoms with Gasteiger partial charge in [-0.15, -0.1) is 0 Å². The molecule has 0 spiro atoms. The van der Waals surface area contributed by atoms with Gasteiger partial charge in [0.25, 0.3) is 0 Å². The summed E-state index contributed by atoms with van der Waals surface area (Å²) in [7, 11) is 0. The van der Waals surface area contributed by atoms with E-state index >= 15 is 0 Å². The fraction of sp³-hybridized carbons (Fsp3) is 0.476. The fourth-order valence-corrected chi connectivity index (χ4v) is 3.60.